The van der Waals surface area contributed by atoms with Gasteiger partial charge in [-0.05, 0) is 30.7 Å². The van der Waals surface area contributed by atoms with Gasteiger partial charge in [-0.15, -0.1) is 0 Å². The minimum absolute atomic E-state index is 0.0369. The van der Waals surface area contributed by atoms with E-state index in [-0.39, 0.29) is 31.7 Å². The van der Waals surface area contributed by atoms with E-state index in [4.69, 9.17) is 0 Å². The molecule has 2 aromatic carbocycles. The SMILES string of the molecule is O=C(c1ccccc1F)N1CCCN(S(=O)(=O)c2ccc(F)cc2F)CC1. The third-order valence-electron chi connectivity index (χ3n) is 4.36. The average molecular weight is 398 g/mol. The molecule has 3 rings (SSSR count). The van der Waals surface area contributed by atoms with Gasteiger partial charge in [0.1, 0.15) is 22.3 Å². The normalized spacial score (nSPS) is 16.2. The van der Waals surface area contributed by atoms with Crippen molar-refractivity contribution >= 4 is 15.9 Å². The van der Waals surface area contributed by atoms with Gasteiger partial charge in [0.25, 0.3) is 5.91 Å². The monoisotopic (exact) mass is 398 g/mol. The second-order valence-corrected chi connectivity index (χ2v) is 8.01. The summed E-state index contributed by atoms with van der Waals surface area (Å²) < 4.78 is 67.2. The van der Waals surface area contributed by atoms with Gasteiger partial charge in [0.05, 0.1) is 5.56 Å². The molecule has 1 saturated heterocycles. The van der Waals surface area contributed by atoms with Crippen molar-refractivity contribution in [1.82, 2.24) is 9.21 Å². The molecule has 0 saturated carbocycles. The molecule has 0 spiro atoms. The van der Waals surface area contributed by atoms with E-state index in [0.717, 1.165) is 16.4 Å². The lowest BCUT2D eigenvalue weighted by Crippen LogP contribution is -2.37. The fourth-order valence-electron chi connectivity index (χ4n) is 2.97. The lowest BCUT2D eigenvalue weighted by Gasteiger charge is -2.22. The van der Waals surface area contributed by atoms with Crippen molar-refractivity contribution in [1.29, 1.82) is 0 Å². The minimum atomic E-state index is -4.18. The summed E-state index contributed by atoms with van der Waals surface area (Å²) in [7, 11) is -4.18. The molecule has 144 valence electrons. The maximum absolute atomic E-state index is 13.9. The Hall–Kier alpha value is -2.39. The van der Waals surface area contributed by atoms with Crippen LogP contribution in [0.4, 0.5) is 13.2 Å². The Morgan fingerprint density at radius 1 is 0.889 bits per heavy atom. The molecular weight excluding hydrogens is 381 g/mol. The van der Waals surface area contributed by atoms with Crippen molar-refractivity contribution in [2.45, 2.75) is 11.3 Å². The van der Waals surface area contributed by atoms with E-state index in [1.54, 1.807) is 6.07 Å². The molecule has 0 N–H and O–H groups in total. The number of benzene rings is 2. The molecule has 0 aliphatic carbocycles. The Labute approximate surface area is 155 Å². The second kappa shape index (κ2) is 7.69. The summed E-state index contributed by atoms with van der Waals surface area (Å²) in [5.74, 6) is -3.22. The molecule has 5 nitrogen and oxygen atoms in total. The summed E-state index contributed by atoms with van der Waals surface area (Å²) >= 11 is 0. The summed E-state index contributed by atoms with van der Waals surface area (Å²) in [5.41, 5.74) is -0.0848. The first-order chi connectivity index (χ1) is 12.8. The van der Waals surface area contributed by atoms with Crippen LogP contribution in [0.1, 0.15) is 16.8 Å². The maximum atomic E-state index is 13.9. The minimum Gasteiger partial charge on any atom is -0.337 e. The van der Waals surface area contributed by atoms with Crippen LogP contribution in [0.15, 0.2) is 47.4 Å². The topological polar surface area (TPSA) is 57.7 Å². The molecule has 0 atom stereocenters. The van der Waals surface area contributed by atoms with Crippen LogP contribution < -0.4 is 0 Å². The summed E-state index contributed by atoms with van der Waals surface area (Å²) in [6.07, 6.45) is 0.308. The number of hydrogen-bond acceptors (Lipinski definition) is 3. The molecule has 0 aromatic heterocycles. The van der Waals surface area contributed by atoms with Crippen molar-refractivity contribution in [3.63, 3.8) is 0 Å². The zero-order valence-corrected chi connectivity index (χ0v) is 15.1. The van der Waals surface area contributed by atoms with E-state index in [2.05, 4.69) is 0 Å². The van der Waals surface area contributed by atoms with Gasteiger partial charge in [-0.2, -0.15) is 4.31 Å². The third-order valence-corrected chi connectivity index (χ3v) is 6.29. The zero-order valence-electron chi connectivity index (χ0n) is 14.2. The first-order valence-electron chi connectivity index (χ1n) is 8.30. The predicted molar refractivity (Wildman–Crippen MR) is 92.0 cm³/mol. The highest BCUT2D eigenvalue weighted by atomic mass is 32.2. The zero-order chi connectivity index (χ0) is 19.6. The van der Waals surface area contributed by atoms with E-state index >= 15 is 0 Å². The van der Waals surface area contributed by atoms with Crippen LogP contribution >= 0.6 is 0 Å². The number of rotatable bonds is 3. The first-order valence-corrected chi connectivity index (χ1v) is 9.74. The summed E-state index contributed by atoms with van der Waals surface area (Å²) in [4.78, 5) is 13.3. The van der Waals surface area contributed by atoms with Crippen LogP contribution in [-0.2, 0) is 10.0 Å². The largest absolute Gasteiger partial charge is 0.337 e. The van der Waals surface area contributed by atoms with Gasteiger partial charge in [-0.3, -0.25) is 4.79 Å². The quantitative estimate of drug-likeness (QED) is 0.799. The first kappa shape index (κ1) is 19.4. The Morgan fingerprint density at radius 2 is 1.63 bits per heavy atom. The van der Waals surface area contributed by atoms with Crippen LogP contribution in [0.5, 0.6) is 0 Å². The standard InChI is InChI=1S/C18H17F3N2O3S/c19-13-6-7-17(16(21)12-13)27(25,26)23-9-3-8-22(10-11-23)18(24)14-4-1-2-5-15(14)20/h1-2,4-7,12H,3,8-11H2. The van der Waals surface area contributed by atoms with Crippen LogP contribution in [0.2, 0.25) is 0 Å². The number of carbonyl (C=O) groups excluding carboxylic acids is 1. The fraction of sp³-hybridized carbons (Fsp3) is 0.278. The third kappa shape index (κ3) is 3.98. The molecule has 2 aromatic rings. The molecule has 1 aliphatic rings. The number of hydrogen-bond donors (Lipinski definition) is 0. The molecule has 0 bridgehead atoms. The van der Waals surface area contributed by atoms with Gasteiger partial charge < -0.3 is 4.90 Å². The van der Waals surface area contributed by atoms with Crippen LogP contribution in [0.25, 0.3) is 0 Å². The summed E-state index contributed by atoms with van der Waals surface area (Å²) in [6.45, 7) is 0.278. The van der Waals surface area contributed by atoms with Crippen molar-refractivity contribution in [3.05, 3.63) is 65.5 Å². The van der Waals surface area contributed by atoms with Crippen LogP contribution in [0, 0.1) is 17.5 Å². The van der Waals surface area contributed by atoms with E-state index in [0.29, 0.717) is 12.5 Å². The predicted octanol–water partition coefficient (Wildman–Crippen LogP) is 2.64. The smallest absolute Gasteiger partial charge is 0.256 e. The Balaban J connectivity index is 1.78. The van der Waals surface area contributed by atoms with E-state index < -0.39 is 38.3 Å². The van der Waals surface area contributed by atoms with Crippen molar-refractivity contribution in [2.75, 3.05) is 26.2 Å². The molecule has 27 heavy (non-hydrogen) atoms. The molecule has 0 radical (unpaired) electrons. The van der Waals surface area contributed by atoms with E-state index in [9.17, 15) is 26.4 Å². The Kier molecular flexibility index (Phi) is 5.52. The number of nitrogens with zero attached hydrogens (tertiary/aromatic N) is 2. The number of amides is 1. The summed E-state index contributed by atoms with van der Waals surface area (Å²) in [6, 6.07) is 7.83. The van der Waals surface area contributed by atoms with Crippen LogP contribution in [0.3, 0.4) is 0 Å². The molecular formula is C18H17F3N2O3S. The Morgan fingerprint density at radius 3 is 2.33 bits per heavy atom. The van der Waals surface area contributed by atoms with Gasteiger partial charge in [-0.25, -0.2) is 21.6 Å². The highest BCUT2D eigenvalue weighted by Gasteiger charge is 2.31. The highest BCUT2D eigenvalue weighted by molar-refractivity contribution is 7.89. The van der Waals surface area contributed by atoms with Gasteiger partial charge in [0.15, 0.2) is 0 Å². The van der Waals surface area contributed by atoms with Crippen molar-refractivity contribution < 1.29 is 26.4 Å². The molecule has 1 amide bonds. The van der Waals surface area contributed by atoms with Gasteiger partial charge >= 0.3 is 0 Å². The molecule has 1 heterocycles. The van der Waals surface area contributed by atoms with Gasteiger partial charge in [0.2, 0.25) is 10.0 Å². The number of sulfonamides is 1. The van der Waals surface area contributed by atoms with E-state index in [1.807, 2.05) is 0 Å². The molecule has 1 aliphatic heterocycles. The molecule has 1 fully saturated rings. The van der Waals surface area contributed by atoms with E-state index in [1.165, 1.54) is 23.1 Å². The Bertz CT molecular complexity index is 966. The maximum Gasteiger partial charge on any atom is 0.256 e. The molecule has 0 unspecified atom stereocenters. The highest BCUT2D eigenvalue weighted by Crippen LogP contribution is 2.22. The number of halogens is 3. The lowest BCUT2D eigenvalue weighted by molar-refractivity contribution is 0.0759. The van der Waals surface area contributed by atoms with Gasteiger partial charge in [-0.1, -0.05) is 12.1 Å². The van der Waals surface area contributed by atoms with Crippen molar-refractivity contribution in [2.24, 2.45) is 0 Å². The molecule has 9 heteroatoms. The van der Waals surface area contributed by atoms with Crippen LogP contribution in [-0.4, -0.2) is 49.7 Å². The summed E-state index contributed by atoms with van der Waals surface area (Å²) in [5, 5.41) is 0. The lowest BCUT2D eigenvalue weighted by atomic mass is 10.2. The van der Waals surface area contributed by atoms with Crippen molar-refractivity contribution in [3.8, 4) is 0 Å². The van der Waals surface area contributed by atoms with Gasteiger partial charge in [0, 0.05) is 32.2 Å². The second-order valence-electron chi connectivity index (χ2n) is 6.10. The average Bonchev–Trinajstić information content (AvgIpc) is 2.88. The fourth-order valence-corrected chi connectivity index (χ4v) is 4.48. The number of carbonyl (C=O) groups is 1.